The predicted octanol–water partition coefficient (Wildman–Crippen LogP) is 3.90. The highest BCUT2D eigenvalue weighted by molar-refractivity contribution is 7.86. The summed E-state index contributed by atoms with van der Waals surface area (Å²) in [7, 11) is -1.85. The molecule has 1 aromatic rings. The zero-order valence-electron chi connectivity index (χ0n) is 16.7. The van der Waals surface area contributed by atoms with Gasteiger partial charge in [-0.25, -0.2) is 0 Å². The molecule has 7 heteroatoms. The summed E-state index contributed by atoms with van der Waals surface area (Å²) in [6.07, 6.45) is 6.10. The van der Waals surface area contributed by atoms with Crippen LogP contribution in [0.15, 0.2) is 23.4 Å². The average Bonchev–Trinajstić information content (AvgIpc) is 2.97. The van der Waals surface area contributed by atoms with Gasteiger partial charge < -0.3 is 14.1 Å². The van der Waals surface area contributed by atoms with E-state index in [4.69, 9.17) is 8.92 Å². The quantitative estimate of drug-likeness (QED) is 0.465. The third-order valence-corrected chi connectivity index (χ3v) is 7.86. The molecule has 1 N–H and O–H groups in total. The number of ether oxygens (including phenoxy) is 1. The van der Waals surface area contributed by atoms with Crippen molar-refractivity contribution in [3.63, 3.8) is 0 Å². The predicted molar refractivity (Wildman–Crippen MR) is 107 cm³/mol. The summed E-state index contributed by atoms with van der Waals surface area (Å²) in [5.41, 5.74) is 3.41. The molecule has 4 rings (SSSR count). The number of rotatable bonds is 4. The molecular formula is C21H29NO5S. The van der Waals surface area contributed by atoms with Gasteiger partial charge in [0.05, 0.1) is 18.6 Å². The van der Waals surface area contributed by atoms with Gasteiger partial charge in [-0.05, 0) is 73.1 Å². The smallest absolute Gasteiger partial charge is 0.306 e. The standard InChI is InChI=1S/C21H29NO5S/c1-21-9-8-16-15-5-4-14(27-28(3,24)25)11-17(15)13(12-26-2)10-18(16)19(21)6-7-20(21)22-23/h4-5,11,13,16,18-19,23H,6-10,12H2,1-3H3/b22-20+/t13-,16+,18+,19-,21?/m0/s1. The lowest BCUT2D eigenvalue weighted by atomic mass is 9.54. The molecule has 0 radical (unpaired) electrons. The Morgan fingerprint density at radius 1 is 1.29 bits per heavy atom. The van der Waals surface area contributed by atoms with Gasteiger partial charge in [-0.15, -0.1) is 0 Å². The lowest BCUT2D eigenvalue weighted by Crippen LogP contribution is -2.43. The van der Waals surface area contributed by atoms with Crippen molar-refractivity contribution in [2.24, 2.45) is 22.4 Å². The molecule has 0 spiro atoms. The molecule has 0 aromatic heterocycles. The van der Waals surface area contributed by atoms with Gasteiger partial charge >= 0.3 is 10.1 Å². The van der Waals surface area contributed by atoms with Crippen molar-refractivity contribution in [3.8, 4) is 5.75 Å². The first-order valence-corrected chi connectivity index (χ1v) is 11.8. The van der Waals surface area contributed by atoms with E-state index in [-0.39, 0.29) is 11.3 Å². The van der Waals surface area contributed by atoms with Crippen LogP contribution in [0.5, 0.6) is 5.75 Å². The Bertz CT molecular complexity index is 896. The third kappa shape index (κ3) is 3.22. The Hall–Kier alpha value is -1.60. The number of fused-ring (bicyclic) bond motifs is 5. The van der Waals surface area contributed by atoms with Crippen molar-refractivity contribution in [2.45, 2.75) is 50.9 Å². The van der Waals surface area contributed by atoms with Gasteiger partial charge in [0.1, 0.15) is 5.75 Å². The molecule has 5 atom stereocenters. The highest BCUT2D eigenvalue weighted by atomic mass is 32.2. The van der Waals surface area contributed by atoms with Gasteiger partial charge in [-0.2, -0.15) is 8.42 Å². The first-order valence-electron chi connectivity index (χ1n) is 10.0. The Morgan fingerprint density at radius 2 is 2.07 bits per heavy atom. The minimum absolute atomic E-state index is 0.00954. The highest BCUT2D eigenvalue weighted by Gasteiger charge is 2.54. The first-order chi connectivity index (χ1) is 13.3. The van der Waals surface area contributed by atoms with Gasteiger partial charge in [0.2, 0.25) is 0 Å². The molecule has 28 heavy (non-hydrogen) atoms. The van der Waals surface area contributed by atoms with Gasteiger partial charge in [-0.1, -0.05) is 18.1 Å². The van der Waals surface area contributed by atoms with Crippen molar-refractivity contribution >= 4 is 15.8 Å². The van der Waals surface area contributed by atoms with E-state index in [9.17, 15) is 13.6 Å². The number of hydrogen-bond acceptors (Lipinski definition) is 6. The molecular weight excluding hydrogens is 378 g/mol. The minimum atomic E-state index is -3.55. The lowest BCUT2D eigenvalue weighted by Gasteiger charge is -2.50. The summed E-state index contributed by atoms with van der Waals surface area (Å²) in [5, 5.41) is 13.1. The number of oxime groups is 1. The Kier molecular flexibility index (Phi) is 4.94. The molecule has 3 aliphatic rings. The number of benzene rings is 1. The van der Waals surface area contributed by atoms with Crippen molar-refractivity contribution in [1.29, 1.82) is 0 Å². The van der Waals surface area contributed by atoms with E-state index >= 15 is 0 Å². The van der Waals surface area contributed by atoms with E-state index in [1.807, 2.05) is 12.1 Å². The normalized spacial score (nSPS) is 35.9. The summed E-state index contributed by atoms with van der Waals surface area (Å²) in [4.78, 5) is 0. The van der Waals surface area contributed by atoms with Gasteiger partial charge in [-0.3, -0.25) is 0 Å². The van der Waals surface area contributed by atoms with Crippen LogP contribution in [-0.4, -0.2) is 39.3 Å². The second-order valence-corrected chi connectivity index (χ2v) is 10.5. The van der Waals surface area contributed by atoms with Crippen LogP contribution in [-0.2, 0) is 14.9 Å². The fraction of sp³-hybridized carbons (Fsp3) is 0.667. The van der Waals surface area contributed by atoms with Crippen LogP contribution in [0.4, 0.5) is 0 Å². The molecule has 0 heterocycles. The van der Waals surface area contributed by atoms with E-state index in [0.29, 0.717) is 30.1 Å². The molecule has 1 aromatic carbocycles. The van der Waals surface area contributed by atoms with Crippen LogP contribution in [0.2, 0.25) is 0 Å². The maximum Gasteiger partial charge on any atom is 0.306 e. The third-order valence-electron chi connectivity index (χ3n) is 7.37. The van der Waals surface area contributed by atoms with Crippen LogP contribution in [0.1, 0.15) is 62.0 Å². The monoisotopic (exact) mass is 407 g/mol. The SMILES string of the molecule is COC[C@@H]1C[C@@H]2[C@H](CCC3(C)/C(=N/O)CC[C@@H]23)c2ccc(OS(C)(=O)=O)cc21. The summed E-state index contributed by atoms with van der Waals surface area (Å²) in [6.45, 7) is 2.86. The van der Waals surface area contributed by atoms with Crippen LogP contribution in [0.25, 0.3) is 0 Å². The molecule has 2 fully saturated rings. The Morgan fingerprint density at radius 3 is 2.75 bits per heavy atom. The van der Waals surface area contributed by atoms with E-state index in [2.05, 4.69) is 12.1 Å². The lowest BCUT2D eigenvalue weighted by molar-refractivity contribution is 0.0706. The van der Waals surface area contributed by atoms with Crippen molar-refractivity contribution in [1.82, 2.24) is 0 Å². The Balaban J connectivity index is 1.72. The molecule has 0 aliphatic heterocycles. The first kappa shape index (κ1) is 19.7. The number of methoxy groups -OCH3 is 1. The van der Waals surface area contributed by atoms with E-state index in [1.165, 1.54) is 5.56 Å². The molecule has 0 amide bonds. The van der Waals surface area contributed by atoms with Crippen molar-refractivity contribution in [2.75, 3.05) is 20.0 Å². The molecule has 1 unspecified atom stereocenters. The zero-order valence-corrected chi connectivity index (χ0v) is 17.5. The molecule has 0 bridgehead atoms. The van der Waals surface area contributed by atoms with E-state index in [1.54, 1.807) is 13.2 Å². The van der Waals surface area contributed by atoms with Gasteiger partial charge in [0.25, 0.3) is 0 Å². The van der Waals surface area contributed by atoms with Gasteiger partial charge in [0.15, 0.2) is 0 Å². The molecule has 3 aliphatic carbocycles. The van der Waals surface area contributed by atoms with Crippen LogP contribution < -0.4 is 4.18 Å². The summed E-state index contributed by atoms with van der Waals surface area (Å²) >= 11 is 0. The van der Waals surface area contributed by atoms with Crippen LogP contribution in [0, 0.1) is 17.3 Å². The molecule has 2 saturated carbocycles. The van der Waals surface area contributed by atoms with E-state index in [0.717, 1.165) is 49.6 Å². The fourth-order valence-electron chi connectivity index (χ4n) is 6.24. The molecule has 154 valence electrons. The van der Waals surface area contributed by atoms with E-state index < -0.39 is 10.1 Å². The molecule has 0 saturated heterocycles. The number of hydrogen-bond donors (Lipinski definition) is 1. The summed E-state index contributed by atoms with van der Waals surface area (Å²) in [6, 6.07) is 5.71. The maximum atomic E-state index is 11.5. The van der Waals surface area contributed by atoms with Gasteiger partial charge in [0, 0.05) is 18.4 Å². The summed E-state index contributed by atoms with van der Waals surface area (Å²) < 4.78 is 33.7. The fourth-order valence-corrected chi connectivity index (χ4v) is 6.69. The number of nitrogens with zero attached hydrogens (tertiary/aromatic N) is 1. The topological polar surface area (TPSA) is 85.2 Å². The zero-order chi connectivity index (χ0) is 20.1. The van der Waals surface area contributed by atoms with Crippen LogP contribution >= 0.6 is 0 Å². The van der Waals surface area contributed by atoms with Crippen molar-refractivity contribution in [3.05, 3.63) is 29.3 Å². The Labute approximate surface area is 167 Å². The summed E-state index contributed by atoms with van der Waals surface area (Å²) in [5.74, 6) is 2.06. The minimum Gasteiger partial charge on any atom is -0.411 e. The van der Waals surface area contributed by atoms with Crippen molar-refractivity contribution < 1.29 is 22.5 Å². The highest BCUT2D eigenvalue weighted by Crippen LogP contribution is 2.61. The largest absolute Gasteiger partial charge is 0.411 e. The second kappa shape index (κ2) is 7.02. The van der Waals surface area contributed by atoms with Crippen LogP contribution in [0.3, 0.4) is 0 Å². The second-order valence-electron chi connectivity index (χ2n) is 8.88. The average molecular weight is 408 g/mol. The maximum absolute atomic E-state index is 11.5. The molecule has 6 nitrogen and oxygen atoms in total.